The van der Waals surface area contributed by atoms with E-state index in [1.54, 1.807) is 7.11 Å². The van der Waals surface area contributed by atoms with Crippen molar-refractivity contribution in [3.8, 4) is 5.75 Å². The number of nitrogens with zero attached hydrogens (tertiary/aromatic N) is 1. The number of methoxy groups -OCH3 is 1. The second-order valence-electron chi connectivity index (χ2n) is 5.04. The Balaban J connectivity index is 1.67. The first-order valence-electron chi connectivity index (χ1n) is 7.05. The van der Waals surface area contributed by atoms with E-state index in [-0.39, 0.29) is 0 Å². The van der Waals surface area contributed by atoms with Crippen molar-refractivity contribution >= 4 is 15.9 Å². The van der Waals surface area contributed by atoms with Gasteiger partial charge in [-0.3, -0.25) is 0 Å². The second kappa shape index (κ2) is 7.88. The fourth-order valence-electron chi connectivity index (χ4n) is 2.47. The number of rotatable bonds is 7. The summed E-state index contributed by atoms with van der Waals surface area (Å²) in [6.45, 7) is 5.77. The molecule has 0 aromatic heterocycles. The maximum atomic E-state index is 5.25. The average Bonchev–Trinajstić information content (AvgIpc) is 2.93. The lowest BCUT2D eigenvalue weighted by atomic mass is 10.2. The highest BCUT2D eigenvalue weighted by Crippen LogP contribution is 2.22. The molecule has 1 aliphatic heterocycles. The highest BCUT2D eigenvalue weighted by molar-refractivity contribution is 9.10. The number of likely N-dealkylation sites (tertiary alicyclic amines) is 1. The molecular formula is C15H23BrN2O. The first-order chi connectivity index (χ1) is 9.29. The van der Waals surface area contributed by atoms with Gasteiger partial charge in [0.25, 0.3) is 0 Å². The molecule has 0 radical (unpaired) electrons. The van der Waals surface area contributed by atoms with E-state index in [4.69, 9.17) is 4.74 Å². The molecule has 0 spiro atoms. The third kappa shape index (κ3) is 4.79. The van der Waals surface area contributed by atoms with Crippen molar-refractivity contribution in [2.45, 2.75) is 25.8 Å². The summed E-state index contributed by atoms with van der Waals surface area (Å²) in [6.07, 6.45) is 3.98. The van der Waals surface area contributed by atoms with Gasteiger partial charge in [0.1, 0.15) is 5.75 Å². The normalized spacial score (nSPS) is 15.9. The number of hydrogen-bond acceptors (Lipinski definition) is 3. The zero-order valence-electron chi connectivity index (χ0n) is 11.6. The van der Waals surface area contributed by atoms with Crippen LogP contribution in [0.25, 0.3) is 0 Å². The molecule has 106 valence electrons. The fraction of sp³-hybridized carbons (Fsp3) is 0.600. The standard InChI is InChI=1S/C15H23BrN2O/c1-19-14-5-6-15(16)13(11-14)12-17-7-4-10-18-8-2-3-9-18/h5-6,11,17H,2-4,7-10,12H2,1H3. The number of benzene rings is 1. The molecule has 3 nitrogen and oxygen atoms in total. The van der Waals surface area contributed by atoms with Gasteiger partial charge in [0.15, 0.2) is 0 Å². The topological polar surface area (TPSA) is 24.5 Å². The highest BCUT2D eigenvalue weighted by atomic mass is 79.9. The lowest BCUT2D eigenvalue weighted by molar-refractivity contribution is 0.331. The van der Waals surface area contributed by atoms with Crippen LogP contribution in [-0.4, -0.2) is 38.2 Å². The van der Waals surface area contributed by atoms with E-state index in [1.165, 1.54) is 44.5 Å². The third-order valence-electron chi connectivity index (χ3n) is 3.59. The van der Waals surface area contributed by atoms with Crippen LogP contribution in [0.1, 0.15) is 24.8 Å². The Morgan fingerprint density at radius 1 is 1.32 bits per heavy atom. The van der Waals surface area contributed by atoms with Gasteiger partial charge in [-0.25, -0.2) is 0 Å². The van der Waals surface area contributed by atoms with Crippen LogP contribution < -0.4 is 10.1 Å². The zero-order chi connectivity index (χ0) is 13.5. The molecule has 2 rings (SSSR count). The summed E-state index contributed by atoms with van der Waals surface area (Å²) < 4.78 is 6.39. The van der Waals surface area contributed by atoms with Crippen molar-refractivity contribution in [2.24, 2.45) is 0 Å². The summed E-state index contributed by atoms with van der Waals surface area (Å²) in [6, 6.07) is 6.10. The van der Waals surface area contributed by atoms with Crippen LogP contribution >= 0.6 is 15.9 Å². The first kappa shape index (κ1) is 14.8. The molecule has 0 amide bonds. The number of ether oxygens (including phenoxy) is 1. The fourth-order valence-corrected chi connectivity index (χ4v) is 2.86. The quantitative estimate of drug-likeness (QED) is 0.779. The lowest BCUT2D eigenvalue weighted by Crippen LogP contribution is -2.24. The van der Waals surface area contributed by atoms with Gasteiger partial charge in [0, 0.05) is 11.0 Å². The number of hydrogen-bond donors (Lipinski definition) is 1. The zero-order valence-corrected chi connectivity index (χ0v) is 13.2. The van der Waals surface area contributed by atoms with Crippen LogP contribution in [0.4, 0.5) is 0 Å². The Labute approximate surface area is 124 Å². The van der Waals surface area contributed by atoms with Crippen molar-refractivity contribution in [3.05, 3.63) is 28.2 Å². The summed E-state index contributed by atoms with van der Waals surface area (Å²) in [7, 11) is 1.70. The minimum absolute atomic E-state index is 0.887. The Bertz CT molecular complexity index is 392. The third-order valence-corrected chi connectivity index (χ3v) is 4.37. The van der Waals surface area contributed by atoms with E-state index >= 15 is 0 Å². The van der Waals surface area contributed by atoms with Gasteiger partial charge in [-0.05, 0) is 69.2 Å². The highest BCUT2D eigenvalue weighted by Gasteiger charge is 2.10. The van der Waals surface area contributed by atoms with Crippen molar-refractivity contribution in [1.82, 2.24) is 10.2 Å². The Morgan fingerprint density at radius 2 is 2.11 bits per heavy atom. The predicted molar refractivity (Wildman–Crippen MR) is 82.7 cm³/mol. The van der Waals surface area contributed by atoms with Crippen LogP contribution in [-0.2, 0) is 6.54 Å². The van der Waals surface area contributed by atoms with E-state index < -0.39 is 0 Å². The van der Waals surface area contributed by atoms with Crippen molar-refractivity contribution in [2.75, 3.05) is 33.3 Å². The summed E-state index contributed by atoms with van der Waals surface area (Å²) in [5.74, 6) is 0.914. The maximum Gasteiger partial charge on any atom is 0.119 e. The number of nitrogens with one attached hydrogen (secondary N) is 1. The second-order valence-corrected chi connectivity index (χ2v) is 5.89. The van der Waals surface area contributed by atoms with E-state index in [1.807, 2.05) is 12.1 Å². The van der Waals surface area contributed by atoms with Gasteiger partial charge in [0.2, 0.25) is 0 Å². The molecule has 0 bridgehead atoms. The van der Waals surface area contributed by atoms with Gasteiger partial charge in [-0.15, -0.1) is 0 Å². The van der Waals surface area contributed by atoms with Crippen LogP contribution in [0.3, 0.4) is 0 Å². The molecule has 1 heterocycles. The van der Waals surface area contributed by atoms with Crippen LogP contribution in [0.5, 0.6) is 5.75 Å². The van der Waals surface area contributed by atoms with E-state index in [0.29, 0.717) is 0 Å². The predicted octanol–water partition coefficient (Wildman–Crippen LogP) is 3.03. The van der Waals surface area contributed by atoms with Gasteiger partial charge >= 0.3 is 0 Å². The molecule has 0 saturated carbocycles. The molecule has 1 aliphatic rings. The first-order valence-corrected chi connectivity index (χ1v) is 7.84. The largest absolute Gasteiger partial charge is 0.497 e. The summed E-state index contributed by atoms with van der Waals surface area (Å²) >= 11 is 3.58. The summed E-state index contributed by atoms with van der Waals surface area (Å²) in [5, 5.41) is 3.51. The molecule has 19 heavy (non-hydrogen) atoms. The molecule has 1 aromatic carbocycles. The minimum atomic E-state index is 0.887. The molecule has 0 unspecified atom stereocenters. The van der Waals surface area contributed by atoms with Gasteiger partial charge < -0.3 is 15.0 Å². The van der Waals surface area contributed by atoms with Crippen molar-refractivity contribution in [3.63, 3.8) is 0 Å². The molecule has 4 heteroatoms. The maximum absolute atomic E-state index is 5.25. The summed E-state index contributed by atoms with van der Waals surface area (Å²) in [5.41, 5.74) is 1.25. The Kier molecular flexibility index (Phi) is 6.14. The average molecular weight is 327 g/mol. The van der Waals surface area contributed by atoms with E-state index in [2.05, 4.69) is 32.2 Å². The van der Waals surface area contributed by atoms with E-state index in [0.717, 1.165) is 23.3 Å². The molecule has 0 atom stereocenters. The van der Waals surface area contributed by atoms with Gasteiger partial charge in [-0.2, -0.15) is 0 Å². The molecule has 0 aliphatic carbocycles. The SMILES string of the molecule is COc1ccc(Br)c(CNCCCN2CCCC2)c1. The van der Waals surface area contributed by atoms with Crippen molar-refractivity contribution in [1.29, 1.82) is 0 Å². The monoisotopic (exact) mass is 326 g/mol. The molecule has 1 fully saturated rings. The molecule has 1 N–H and O–H groups in total. The van der Waals surface area contributed by atoms with Crippen molar-refractivity contribution < 1.29 is 4.74 Å². The Hall–Kier alpha value is -0.580. The lowest BCUT2D eigenvalue weighted by Gasteiger charge is -2.14. The molecule has 1 aromatic rings. The van der Waals surface area contributed by atoms with E-state index in [9.17, 15) is 0 Å². The molecular weight excluding hydrogens is 304 g/mol. The number of halogens is 1. The van der Waals surface area contributed by atoms with Crippen LogP contribution in [0.15, 0.2) is 22.7 Å². The van der Waals surface area contributed by atoms with Crippen LogP contribution in [0, 0.1) is 0 Å². The van der Waals surface area contributed by atoms with Gasteiger partial charge in [0.05, 0.1) is 7.11 Å². The Morgan fingerprint density at radius 3 is 2.84 bits per heavy atom. The minimum Gasteiger partial charge on any atom is -0.497 e. The summed E-state index contributed by atoms with van der Waals surface area (Å²) in [4.78, 5) is 2.56. The van der Waals surface area contributed by atoms with Crippen LogP contribution in [0.2, 0.25) is 0 Å². The molecule has 1 saturated heterocycles. The van der Waals surface area contributed by atoms with Gasteiger partial charge in [-0.1, -0.05) is 15.9 Å². The smallest absolute Gasteiger partial charge is 0.119 e.